The van der Waals surface area contributed by atoms with Crippen molar-refractivity contribution >= 4 is 14.3 Å². The summed E-state index contributed by atoms with van der Waals surface area (Å²) < 4.78 is 17.2. The lowest BCUT2D eigenvalue weighted by molar-refractivity contribution is 0.0600. The molecule has 0 atom stereocenters. The molecule has 0 bridgehead atoms. The van der Waals surface area contributed by atoms with Gasteiger partial charge in [0.2, 0.25) is 0 Å². The van der Waals surface area contributed by atoms with E-state index in [2.05, 4.69) is 53.8 Å². The first kappa shape index (κ1) is 24.2. The third-order valence-electron chi connectivity index (χ3n) is 6.38. The molecular weight excluding hydrogens is 392 g/mol. The van der Waals surface area contributed by atoms with E-state index in [1.165, 1.54) is 7.11 Å². The molecular formula is C25H36O4Si. The molecule has 0 saturated heterocycles. The summed E-state index contributed by atoms with van der Waals surface area (Å²) in [7, 11) is -0.355. The molecule has 0 spiro atoms. The maximum absolute atomic E-state index is 12.1. The minimum Gasteiger partial charge on any atom is -0.491 e. The Hall–Kier alpha value is -2.11. The monoisotopic (exact) mass is 428 g/mol. The van der Waals surface area contributed by atoms with Crippen LogP contribution < -0.4 is 4.74 Å². The number of hydrogen-bond donors (Lipinski definition) is 0. The minimum absolute atomic E-state index is 0.192. The molecule has 0 aliphatic carbocycles. The Morgan fingerprint density at radius 1 is 0.900 bits per heavy atom. The molecule has 2 aromatic carbocycles. The first-order valence-electron chi connectivity index (χ1n) is 10.5. The van der Waals surface area contributed by atoms with Crippen molar-refractivity contribution in [2.45, 2.75) is 59.7 Å². The molecule has 0 unspecified atom stereocenters. The van der Waals surface area contributed by atoms with E-state index >= 15 is 0 Å². The third kappa shape index (κ3) is 5.13. The SMILES string of the molecule is COC(=O)c1cccc(-c2ccc(OCCO[Si](C)(C)C(C)(C)C)c(C)c2C)c1C. The Morgan fingerprint density at radius 2 is 1.53 bits per heavy atom. The van der Waals surface area contributed by atoms with E-state index in [9.17, 15) is 4.79 Å². The van der Waals surface area contributed by atoms with Gasteiger partial charge in [0.15, 0.2) is 8.32 Å². The van der Waals surface area contributed by atoms with Gasteiger partial charge in [0.05, 0.1) is 19.3 Å². The normalized spacial score (nSPS) is 12.0. The molecule has 0 heterocycles. The molecule has 164 valence electrons. The molecule has 0 aliphatic heterocycles. The van der Waals surface area contributed by atoms with Gasteiger partial charge in [0, 0.05) is 0 Å². The average Bonchev–Trinajstić information content (AvgIpc) is 2.67. The van der Waals surface area contributed by atoms with E-state index in [1.54, 1.807) is 6.07 Å². The van der Waals surface area contributed by atoms with Crippen molar-refractivity contribution < 1.29 is 18.7 Å². The quantitative estimate of drug-likeness (QED) is 0.288. The maximum Gasteiger partial charge on any atom is 0.338 e. The minimum atomic E-state index is -1.76. The standard InChI is InChI=1S/C25H36O4Si/c1-17-18(2)23(28-15-16-29-30(8,9)25(4,5)6)14-13-21(17)20-11-10-12-22(19(20)3)24(26)27-7/h10-14H,15-16H2,1-9H3. The first-order valence-corrected chi connectivity index (χ1v) is 13.4. The summed E-state index contributed by atoms with van der Waals surface area (Å²) >= 11 is 0. The Labute approximate surface area is 182 Å². The van der Waals surface area contributed by atoms with Crippen LogP contribution in [0.5, 0.6) is 5.75 Å². The van der Waals surface area contributed by atoms with Gasteiger partial charge in [-0.3, -0.25) is 0 Å². The summed E-state index contributed by atoms with van der Waals surface area (Å²) in [6.45, 7) is 18.5. The van der Waals surface area contributed by atoms with Gasteiger partial charge in [-0.1, -0.05) is 39.0 Å². The van der Waals surface area contributed by atoms with Crippen molar-refractivity contribution in [3.63, 3.8) is 0 Å². The smallest absolute Gasteiger partial charge is 0.338 e. The van der Waals surface area contributed by atoms with E-state index < -0.39 is 8.32 Å². The van der Waals surface area contributed by atoms with Crippen molar-refractivity contribution in [2.24, 2.45) is 0 Å². The fraction of sp³-hybridized carbons (Fsp3) is 0.480. The highest BCUT2D eigenvalue weighted by Crippen LogP contribution is 2.37. The zero-order valence-corrected chi connectivity index (χ0v) is 20.9. The number of ether oxygens (including phenoxy) is 2. The van der Waals surface area contributed by atoms with Crippen LogP contribution in [-0.4, -0.2) is 34.6 Å². The van der Waals surface area contributed by atoms with E-state index in [4.69, 9.17) is 13.9 Å². The molecule has 0 N–H and O–H groups in total. The number of carbonyl (C=O) groups excluding carboxylic acids is 1. The van der Waals surface area contributed by atoms with Crippen LogP contribution in [0.1, 0.15) is 47.8 Å². The van der Waals surface area contributed by atoms with Crippen LogP contribution in [-0.2, 0) is 9.16 Å². The Bertz CT molecular complexity index is 910. The molecule has 0 radical (unpaired) electrons. The van der Waals surface area contributed by atoms with E-state index in [1.807, 2.05) is 25.1 Å². The molecule has 0 fully saturated rings. The zero-order chi connectivity index (χ0) is 22.7. The van der Waals surface area contributed by atoms with Gasteiger partial charge in [0.1, 0.15) is 12.4 Å². The molecule has 0 aromatic heterocycles. The van der Waals surface area contributed by atoms with Crippen LogP contribution in [0.25, 0.3) is 11.1 Å². The van der Waals surface area contributed by atoms with Crippen LogP contribution in [0.2, 0.25) is 18.1 Å². The van der Waals surface area contributed by atoms with Gasteiger partial charge in [-0.2, -0.15) is 0 Å². The zero-order valence-electron chi connectivity index (χ0n) is 19.9. The molecule has 30 heavy (non-hydrogen) atoms. The summed E-state index contributed by atoms with van der Waals surface area (Å²) in [6, 6.07) is 9.81. The van der Waals surface area contributed by atoms with Crippen LogP contribution in [0.15, 0.2) is 30.3 Å². The number of methoxy groups -OCH3 is 1. The number of benzene rings is 2. The second-order valence-electron chi connectivity index (χ2n) is 9.29. The Morgan fingerprint density at radius 3 is 2.13 bits per heavy atom. The lowest BCUT2D eigenvalue weighted by Gasteiger charge is -2.36. The van der Waals surface area contributed by atoms with Crippen molar-refractivity contribution in [1.82, 2.24) is 0 Å². The lowest BCUT2D eigenvalue weighted by Crippen LogP contribution is -2.41. The fourth-order valence-corrected chi connectivity index (χ4v) is 4.19. The van der Waals surface area contributed by atoms with E-state index in [0.717, 1.165) is 33.6 Å². The van der Waals surface area contributed by atoms with Gasteiger partial charge in [0.25, 0.3) is 0 Å². The second kappa shape index (κ2) is 9.35. The number of hydrogen-bond acceptors (Lipinski definition) is 4. The van der Waals surface area contributed by atoms with Crippen molar-refractivity contribution in [3.8, 4) is 16.9 Å². The van der Waals surface area contributed by atoms with Crippen LogP contribution in [0.4, 0.5) is 0 Å². The van der Waals surface area contributed by atoms with Gasteiger partial charge in [-0.25, -0.2) is 4.79 Å². The van der Waals surface area contributed by atoms with Crippen molar-refractivity contribution in [1.29, 1.82) is 0 Å². The predicted octanol–water partition coefficient (Wildman–Crippen LogP) is 6.47. The second-order valence-corrected chi connectivity index (χ2v) is 14.1. The number of carbonyl (C=O) groups is 1. The topological polar surface area (TPSA) is 44.8 Å². The molecule has 2 aromatic rings. The Balaban J connectivity index is 2.18. The highest BCUT2D eigenvalue weighted by Gasteiger charge is 2.36. The van der Waals surface area contributed by atoms with Crippen LogP contribution >= 0.6 is 0 Å². The molecule has 4 nitrogen and oxygen atoms in total. The largest absolute Gasteiger partial charge is 0.491 e. The van der Waals surface area contributed by atoms with Gasteiger partial charge in [-0.15, -0.1) is 0 Å². The average molecular weight is 429 g/mol. The summed E-state index contributed by atoms with van der Waals surface area (Å²) in [6.07, 6.45) is 0. The van der Waals surface area contributed by atoms with Gasteiger partial charge >= 0.3 is 5.97 Å². The number of esters is 1. The summed E-state index contributed by atoms with van der Waals surface area (Å²) in [5.41, 5.74) is 5.89. The van der Waals surface area contributed by atoms with Crippen molar-refractivity contribution in [3.05, 3.63) is 52.6 Å². The van der Waals surface area contributed by atoms with Crippen LogP contribution in [0, 0.1) is 20.8 Å². The molecule has 0 amide bonds. The highest BCUT2D eigenvalue weighted by atomic mass is 28.4. The van der Waals surface area contributed by atoms with E-state index in [0.29, 0.717) is 18.8 Å². The highest BCUT2D eigenvalue weighted by molar-refractivity contribution is 6.74. The predicted molar refractivity (Wildman–Crippen MR) is 126 cm³/mol. The molecule has 2 rings (SSSR count). The number of rotatable bonds is 7. The molecule has 0 saturated carbocycles. The Kier molecular flexibility index (Phi) is 7.53. The summed E-state index contributed by atoms with van der Waals surface area (Å²) in [5, 5.41) is 0.192. The van der Waals surface area contributed by atoms with Gasteiger partial charge < -0.3 is 13.9 Å². The summed E-state index contributed by atoms with van der Waals surface area (Å²) in [5.74, 6) is 0.558. The third-order valence-corrected chi connectivity index (χ3v) is 10.9. The maximum atomic E-state index is 12.1. The van der Waals surface area contributed by atoms with Crippen LogP contribution in [0.3, 0.4) is 0 Å². The molecule has 0 aliphatic rings. The molecule has 5 heteroatoms. The van der Waals surface area contributed by atoms with Gasteiger partial charge in [-0.05, 0) is 78.9 Å². The fourth-order valence-electron chi connectivity index (χ4n) is 3.17. The van der Waals surface area contributed by atoms with E-state index in [-0.39, 0.29) is 11.0 Å². The first-order chi connectivity index (χ1) is 13.9. The lowest BCUT2D eigenvalue weighted by atomic mass is 9.91. The van der Waals surface area contributed by atoms with Crippen molar-refractivity contribution in [2.75, 3.05) is 20.3 Å². The summed E-state index contributed by atoms with van der Waals surface area (Å²) in [4.78, 5) is 12.1.